The van der Waals surface area contributed by atoms with E-state index in [0.29, 0.717) is 6.42 Å². The molecule has 0 fully saturated rings. The van der Waals surface area contributed by atoms with Crippen molar-refractivity contribution in [3.63, 3.8) is 0 Å². The molecule has 1 atom stereocenters. The lowest BCUT2D eigenvalue weighted by molar-refractivity contribution is 0.0940. The van der Waals surface area contributed by atoms with Gasteiger partial charge in [0.05, 0.1) is 12.2 Å². The van der Waals surface area contributed by atoms with Crippen LogP contribution in [0, 0.1) is 12.3 Å². The summed E-state index contributed by atoms with van der Waals surface area (Å²) >= 11 is 0. The molecule has 1 amide bonds. The van der Waals surface area contributed by atoms with E-state index in [1.54, 1.807) is 0 Å². The van der Waals surface area contributed by atoms with Crippen molar-refractivity contribution in [1.29, 1.82) is 0 Å². The van der Waals surface area contributed by atoms with Gasteiger partial charge in [0.2, 0.25) is 0 Å². The topological polar surface area (TPSA) is 70.7 Å². The standard InChI is InChI=1S/C8H10N4O/c1-3-6(4-2)10-8(13)7-5-9-12-11-7/h1,5-6H,4H2,2H3,(H,10,13)(H,9,11,12). The van der Waals surface area contributed by atoms with E-state index in [9.17, 15) is 4.79 Å². The Labute approximate surface area is 75.9 Å². The molecule has 2 N–H and O–H groups in total. The Morgan fingerprint density at radius 1 is 1.92 bits per heavy atom. The fourth-order valence-electron chi connectivity index (χ4n) is 0.805. The second-order valence-electron chi connectivity index (χ2n) is 2.46. The number of nitrogens with one attached hydrogen (secondary N) is 2. The molecule has 5 nitrogen and oxygen atoms in total. The van der Waals surface area contributed by atoms with Crippen LogP contribution in [0.4, 0.5) is 0 Å². The Bertz CT molecular complexity index is 311. The zero-order valence-corrected chi connectivity index (χ0v) is 7.24. The smallest absolute Gasteiger partial charge is 0.274 e. The van der Waals surface area contributed by atoms with Crippen LogP contribution in [0.5, 0.6) is 0 Å². The Morgan fingerprint density at radius 3 is 3.15 bits per heavy atom. The zero-order chi connectivity index (χ0) is 9.68. The summed E-state index contributed by atoms with van der Waals surface area (Å²) in [6.45, 7) is 1.90. The van der Waals surface area contributed by atoms with Crippen molar-refractivity contribution in [3.8, 4) is 12.3 Å². The minimum absolute atomic E-state index is 0.244. The second-order valence-corrected chi connectivity index (χ2v) is 2.46. The third-order valence-corrected chi connectivity index (χ3v) is 1.56. The number of aromatic nitrogens is 3. The molecule has 1 heterocycles. The molecule has 0 bridgehead atoms. The number of H-pyrrole nitrogens is 1. The van der Waals surface area contributed by atoms with E-state index in [2.05, 4.69) is 26.6 Å². The number of nitrogens with zero attached hydrogens (tertiary/aromatic N) is 2. The number of rotatable bonds is 3. The first kappa shape index (κ1) is 9.26. The maximum atomic E-state index is 11.3. The van der Waals surface area contributed by atoms with E-state index < -0.39 is 0 Å². The van der Waals surface area contributed by atoms with Crippen LogP contribution in [0.15, 0.2) is 6.20 Å². The molecule has 0 aliphatic carbocycles. The van der Waals surface area contributed by atoms with Crippen molar-refractivity contribution in [1.82, 2.24) is 20.7 Å². The lowest BCUT2D eigenvalue weighted by Gasteiger charge is -2.07. The summed E-state index contributed by atoms with van der Waals surface area (Å²) in [7, 11) is 0. The predicted molar refractivity (Wildman–Crippen MR) is 46.8 cm³/mol. The predicted octanol–water partition coefficient (Wildman–Crippen LogP) is -0.0537. The molecule has 0 saturated carbocycles. The van der Waals surface area contributed by atoms with Crippen molar-refractivity contribution >= 4 is 5.91 Å². The zero-order valence-electron chi connectivity index (χ0n) is 7.24. The first-order valence-corrected chi connectivity index (χ1v) is 3.90. The Kier molecular flexibility index (Phi) is 3.03. The molecule has 0 aliphatic rings. The molecule has 0 aliphatic heterocycles. The largest absolute Gasteiger partial charge is 0.337 e. The lowest BCUT2D eigenvalue weighted by atomic mass is 10.2. The van der Waals surface area contributed by atoms with Crippen LogP contribution in [0.3, 0.4) is 0 Å². The van der Waals surface area contributed by atoms with E-state index in [0.717, 1.165) is 0 Å². The van der Waals surface area contributed by atoms with Gasteiger partial charge in [0.25, 0.3) is 5.91 Å². The van der Waals surface area contributed by atoms with E-state index in [-0.39, 0.29) is 17.6 Å². The summed E-state index contributed by atoms with van der Waals surface area (Å²) in [5.41, 5.74) is 0.244. The number of hydrogen-bond donors (Lipinski definition) is 2. The maximum absolute atomic E-state index is 11.3. The molecular formula is C8H10N4O. The van der Waals surface area contributed by atoms with Gasteiger partial charge >= 0.3 is 0 Å². The van der Waals surface area contributed by atoms with E-state index in [4.69, 9.17) is 6.42 Å². The van der Waals surface area contributed by atoms with E-state index in [1.165, 1.54) is 6.20 Å². The molecule has 1 unspecified atom stereocenters. The van der Waals surface area contributed by atoms with Gasteiger partial charge in [-0.05, 0) is 6.42 Å². The molecule has 5 heteroatoms. The van der Waals surface area contributed by atoms with Gasteiger partial charge in [-0.15, -0.1) is 6.42 Å². The van der Waals surface area contributed by atoms with E-state index in [1.807, 2.05) is 6.92 Å². The first-order valence-electron chi connectivity index (χ1n) is 3.90. The lowest BCUT2D eigenvalue weighted by Crippen LogP contribution is -2.33. The van der Waals surface area contributed by atoms with Crippen molar-refractivity contribution in [2.45, 2.75) is 19.4 Å². The fraction of sp³-hybridized carbons (Fsp3) is 0.375. The third-order valence-electron chi connectivity index (χ3n) is 1.56. The summed E-state index contributed by atoms with van der Waals surface area (Å²) in [4.78, 5) is 11.3. The molecule has 1 rings (SSSR count). The van der Waals surface area contributed by atoms with Crippen molar-refractivity contribution in [3.05, 3.63) is 11.9 Å². The fourth-order valence-corrected chi connectivity index (χ4v) is 0.805. The van der Waals surface area contributed by atoms with Crippen LogP contribution in [0.2, 0.25) is 0 Å². The van der Waals surface area contributed by atoms with E-state index >= 15 is 0 Å². The Morgan fingerprint density at radius 2 is 2.69 bits per heavy atom. The van der Waals surface area contributed by atoms with Crippen LogP contribution in [-0.2, 0) is 0 Å². The normalized spacial score (nSPS) is 11.7. The second kappa shape index (κ2) is 4.26. The highest BCUT2D eigenvalue weighted by Gasteiger charge is 2.11. The summed E-state index contributed by atoms with van der Waals surface area (Å²) in [6, 6.07) is -0.246. The molecular weight excluding hydrogens is 168 g/mol. The van der Waals surface area contributed by atoms with Gasteiger partial charge in [-0.3, -0.25) is 4.79 Å². The summed E-state index contributed by atoms with van der Waals surface area (Å²) in [5.74, 6) is 2.15. The highest BCUT2D eigenvalue weighted by molar-refractivity contribution is 5.92. The molecule has 0 saturated heterocycles. The number of terminal acetylenes is 1. The Balaban J connectivity index is 2.57. The van der Waals surface area contributed by atoms with Crippen LogP contribution >= 0.6 is 0 Å². The molecule has 1 aromatic rings. The molecule has 0 aromatic carbocycles. The van der Waals surface area contributed by atoms with Crippen molar-refractivity contribution < 1.29 is 4.79 Å². The average molecular weight is 178 g/mol. The molecule has 0 spiro atoms. The van der Waals surface area contributed by atoms with Gasteiger partial charge in [-0.25, -0.2) is 0 Å². The van der Waals surface area contributed by atoms with Crippen LogP contribution in [0.25, 0.3) is 0 Å². The number of hydrogen-bond acceptors (Lipinski definition) is 3. The van der Waals surface area contributed by atoms with Gasteiger partial charge in [0, 0.05) is 0 Å². The van der Waals surface area contributed by atoms with Gasteiger partial charge in [0.1, 0.15) is 0 Å². The number of carbonyl (C=O) groups excluding carboxylic acids is 1. The van der Waals surface area contributed by atoms with Gasteiger partial charge in [0.15, 0.2) is 5.69 Å². The summed E-state index contributed by atoms with van der Waals surface area (Å²) in [6.07, 6.45) is 7.22. The third kappa shape index (κ3) is 2.30. The van der Waals surface area contributed by atoms with Crippen molar-refractivity contribution in [2.24, 2.45) is 0 Å². The number of amides is 1. The molecule has 1 aromatic heterocycles. The maximum Gasteiger partial charge on any atom is 0.274 e. The number of aromatic amines is 1. The van der Waals surface area contributed by atoms with Crippen LogP contribution in [0.1, 0.15) is 23.8 Å². The minimum Gasteiger partial charge on any atom is -0.337 e. The van der Waals surface area contributed by atoms with Gasteiger partial charge < -0.3 is 5.32 Å². The average Bonchev–Trinajstić information content (AvgIpc) is 2.66. The van der Waals surface area contributed by atoms with Crippen molar-refractivity contribution in [2.75, 3.05) is 0 Å². The molecule has 0 radical (unpaired) electrons. The number of carbonyl (C=O) groups is 1. The SMILES string of the molecule is C#CC(CC)NC(=O)c1cn[nH]n1. The quantitative estimate of drug-likeness (QED) is 0.637. The minimum atomic E-state index is -0.307. The highest BCUT2D eigenvalue weighted by Crippen LogP contribution is 1.93. The Hall–Kier alpha value is -1.83. The summed E-state index contributed by atoms with van der Waals surface area (Å²) in [5, 5.41) is 12.1. The monoisotopic (exact) mass is 178 g/mol. The molecule has 13 heavy (non-hydrogen) atoms. The van der Waals surface area contributed by atoms with Crippen LogP contribution in [-0.4, -0.2) is 27.4 Å². The highest BCUT2D eigenvalue weighted by atomic mass is 16.2. The van der Waals surface area contributed by atoms with Gasteiger partial charge in [-0.1, -0.05) is 12.8 Å². The van der Waals surface area contributed by atoms with Crippen LogP contribution < -0.4 is 5.32 Å². The molecule has 68 valence electrons. The van der Waals surface area contributed by atoms with Gasteiger partial charge in [-0.2, -0.15) is 15.4 Å². The first-order chi connectivity index (χ1) is 6.27. The summed E-state index contributed by atoms with van der Waals surface area (Å²) < 4.78 is 0.